The molecule has 1 amide bonds. The summed E-state index contributed by atoms with van der Waals surface area (Å²) >= 11 is 1.46. The Kier molecular flexibility index (Phi) is 4.93. The number of benzene rings is 1. The van der Waals surface area contributed by atoms with E-state index in [4.69, 9.17) is 0 Å². The predicted molar refractivity (Wildman–Crippen MR) is 83.5 cm³/mol. The van der Waals surface area contributed by atoms with Gasteiger partial charge < -0.3 is 10.0 Å². The van der Waals surface area contributed by atoms with Crippen molar-refractivity contribution in [3.8, 4) is 0 Å². The molecule has 0 radical (unpaired) electrons. The molecule has 1 aromatic rings. The fraction of sp³-hybridized carbons (Fsp3) is 0.500. The lowest BCUT2D eigenvalue weighted by Gasteiger charge is -2.33. The van der Waals surface area contributed by atoms with Crippen molar-refractivity contribution in [2.45, 2.75) is 43.5 Å². The molecule has 0 aromatic heterocycles. The molecule has 2 rings (SSSR count). The highest BCUT2D eigenvalue weighted by atomic mass is 32.2. The van der Waals surface area contributed by atoms with Crippen LogP contribution in [0.5, 0.6) is 0 Å². The molecule has 0 aliphatic carbocycles. The lowest BCUT2D eigenvalue weighted by Crippen LogP contribution is -2.53. The van der Waals surface area contributed by atoms with Gasteiger partial charge in [-0.2, -0.15) is 0 Å². The number of likely N-dealkylation sites (tertiary alicyclic amines) is 1. The Bertz CT molecular complexity index is 529. The third-order valence-electron chi connectivity index (χ3n) is 4.16. The van der Waals surface area contributed by atoms with Gasteiger partial charge in [-0.15, -0.1) is 11.8 Å². The minimum atomic E-state index is -0.995. The minimum Gasteiger partial charge on any atom is -0.479 e. The van der Waals surface area contributed by atoms with E-state index in [2.05, 4.69) is 0 Å². The van der Waals surface area contributed by atoms with Crippen molar-refractivity contribution < 1.29 is 14.7 Å². The second kappa shape index (κ2) is 6.52. The highest BCUT2D eigenvalue weighted by Crippen LogP contribution is 2.33. The maximum absolute atomic E-state index is 12.4. The zero-order valence-electron chi connectivity index (χ0n) is 12.5. The topological polar surface area (TPSA) is 57.6 Å². The number of aliphatic carboxylic acids is 1. The van der Waals surface area contributed by atoms with Crippen molar-refractivity contribution in [1.29, 1.82) is 0 Å². The number of carboxylic acids is 1. The summed E-state index contributed by atoms with van der Waals surface area (Å²) in [7, 11) is 0. The summed E-state index contributed by atoms with van der Waals surface area (Å²) in [6.07, 6.45) is 1.78. The van der Waals surface area contributed by atoms with E-state index in [-0.39, 0.29) is 11.7 Å². The first-order chi connectivity index (χ1) is 9.99. The monoisotopic (exact) mass is 307 g/mol. The molecule has 1 aromatic carbocycles. The number of rotatable bonds is 5. The zero-order valence-corrected chi connectivity index (χ0v) is 13.3. The second-order valence-electron chi connectivity index (χ2n) is 5.44. The van der Waals surface area contributed by atoms with Crippen molar-refractivity contribution in [3.05, 3.63) is 29.8 Å². The van der Waals surface area contributed by atoms with Crippen LogP contribution in [-0.4, -0.2) is 39.7 Å². The first kappa shape index (κ1) is 15.9. The van der Waals surface area contributed by atoms with Gasteiger partial charge in [0.2, 0.25) is 5.91 Å². The normalized spacial score (nSPS) is 21.5. The molecule has 1 N–H and O–H groups in total. The number of aryl methyl sites for hydroxylation is 1. The van der Waals surface area contributed by atoms with E-state index in [9.17, 15) is 14.7 Å². The van der Waals surface area contributed by atoms with Crippen LogP contribution in [-0.2, 0) is 9.59 Å². The lowest BCUT2D eigenvalue weighted by atomic mass is 9.93. The fourth-order valence-corrected chi connectivity index (χ4v) is 3.62. The van der Waals surface area contributed by atoms with Crippen molar-refractivity contribution >= 4 is 23.6 Å². The maximum Gasteiger partial charge on any atom is 0.329 e. The molecule has 0 spiro atoms. The van der Waals surface area contributed by atoms with Crippen LogP contribution in [0.15, 0.2) is 29.2 Å². The number of carboxylic acid groups (broad SMARTS) is 1. The van der Waals surface area contributed by atoms with E-state index in [1.165, 1.54) is 17.3 Å². The van der Waals surface area contributed by atoms with Crippen LogP contribution in [0.4, 0.5) is 0 Å². The fourth-order valence-electron chi connectivity index (χ4n) is 2.84. The van der Waals surface area contributed by atoms with Gasteiger partial charge in [-0.05, 0) is 38.3 Å². The minimum absolute atomic E-state index is 0.0812. The molecule has 21 heavy (non-hydrogen) atoms. The average Bonchev–Trinajstić information content (AvgIpc) is 2.91. The number of nitrogens with zero attached hydrogens (tertiary/aromatic N) is 1. The Balaban J connectivity index is 2.02. The smallest absolute Gasteiger partial charge is 0.329 e. The second-order valence-corrected chi connectivity index (χ2v) is 6.49. The predicted octanol–water partition coefficient (Wildman–Crippen LogP) is 2.94. The highest BCUT2D eigenvalue weighted by Gasteiger charge is 2.48. The summed E-state index contributed by atoms with van der Waals surface area (Å²) in [6, 6.07) is 8.00. The summed E-state index contributed by atoms with van der Waals surface area (Å²) in [5, 5.41) is 9.50. The molecule has 1 fully saturated rings. The van der Waals surface area contributed by atoms with Gasteiger partial charge >= 0.3 is 5.97 Å². The van der Waals surface area contributed by atoms with E-state index >= 15 is 0 Å². The largest absolute Gasteiger partial charge is 0.479 e. The average molecular weight is 307 g/mol. The molecule has 4 nitrogen and oxygen atoms in total. The molecule has 1 unspecified atom stereocenters. The van der Waals surface area contributed by atoms with Crippen molar-refractivity contribution in [2.24, 2.45) is 0 Å². The Morgan fingerprint density at radius 1 is 1.33 bits per heavy atom. The maximum atomic E-state index is 12.4. The lowest BCUT2D eigenvalue weighted by molar-refractivity contribution is -0.155. The number of amides is 1. The molecule has 5 heteroatoms. The van der Waals surface area contributed by atoms with Crippen LogP contribution in [0.3, 0.4) is 0 Å². The van der Waals surface area contributed by atoms with Crippen LogP contribution < -0.4 is 0 Å². The number of thioether (sulfide) groups is 1. The van der Waals surface area contributed by atoms with Crippen molar-refractivity contribution in [2.75, 3.05) is 12.3 Å². The number of carbonyl (C=O) groups excluding carboxylic acids is 1. The number of hydrogen-bond donors (Lipinski definition) is 1. The third kappa shape index (κ3) is 3.23. The Morgan fingerprint density at radius 3 is 2.57 bits per heavy atom. The Labute approximate surface area is 129 Å². The first-order valence-electron chi connectivity index (χ1n) is 7.23. The Hall–Kier alpha value is -1.49. The first-order valence-corrected chi connectivity index (χ1v) is 8.21. The van der Waals surface area contributed by atoms with Gasteiger partial charge in [-0.25, -0.2) is 4.79 Å². The Morgan fingerprint density at radius 2 is 2.00 bits per heavy atom. The van der Waals surface area contributed by atoms with E-state index in [1.807, 2.05) is 38.1 Å². The molecule has 1 aliphatic rings. The van der Waals surface area contributed by atoms with Gasteiger partial charge in [0.05, 0.1) is 5.75 Å². The number of hydrogen-bond acceptors (Lipinski definition) is 3. The van der Waals surface area contributed by atoms with E-state index < -0.39 is 11.5 Å². The summed E-state index contributed by atoms with van der Waals surface area (Å²) < 4.78 is 0. The van der Waals surface area contributed by atoms with Gasteiger partial charge in [0.25, 0.3) is 0 Å². The zero-order chi connectivity index (χ0) is 15.5. The molecule has 114 valence electrons. The standard InChI is InChI=1S/C16H21NO3S/c1-3-16(15(19)20)9-4-10-17(16)14(18)11-21-13-7-5-12(2)6-8-13/h5-8H,3-4,9-11H2,1-2H3,(H,19,20). The molecule has 1 heterocycles. The van der Waals surface area contributed by atoms with Crippen LogP contribution >= 0.6 is 11.8 Å². The van der Waals surface area contributed by atoms with Crippen molar-refractivity contribution in [1.82, 2.24) is 4.90 Å². The molecular formula is C16H21NO3S. The summed E-state index contributed by atoms with van der Waals surface area (Å²) in [4.78, 5) is 26.6. The van der Waals surface area contributed by atoms with Crippen LogP contribution in [0.1, 0.15) is 31.7 Å². The molecule has 0 saturated carbocycles. The molecule has 0 bridgehead atoms. The van der Waals surface area contributed by atoms with E-state index in [1.54, 1.807) is 4.90 Å². The molecular weight excluding hydrogens is 286 g/mol. The van der Waals surface area contributed by atoms with Crippen molar-refractivity contribution in [3.63, 3.8) is 0 Å². The number of carbonyl (C=O) groups is 2. The molecule has 1 aliphatic heterocycles. The van der Waals surface area contributed by atoms with Gasteiger partial charge in [-0.3, -0.25) is 4.79 Å². The molecule has 1 atom stereocenters. The summed E-state index contributed by atoms with van der Waals surface area (Å²) in [5.74, 6) is -0.670. The van der Waals surface area contributed by atoms with Gasteiger partial charge in [0, 0.05) is 11.4 Å². The van der Waals surface area contributed by atoms with Crippen LogP contribution in [0.2, 0.25) is 0 Å². The SMILES string of the molecule is CCC1(C(=O)O)CCCN1C(=O)CSc1ccc(C)cc1. The summed E-state index contributed by atoms with van der Waals surface area (Å²) in [5.41, 5.74) is 0.186. The van der Waals surface area contributed by atoms with Gasteiger partial charge in [0.15, 0.2) is 0 Å². The molecule has 1 saturated heterocycles. The van der Waals surface area contributed by atoms with Crippen LogP contribution in [0, 0.1) is 6.92 Å². The third-order valence-corrected chi connectivity index (χ3v) is 5.15. The summed E-state index contributed by atoms with van der Waals surface area (Å²) in [6.45, 7) is 4.41. The van der Waals surface area contributed by atoms with E-state index in [0.717, 1.165) is 11.3 Å². The quantitative estimate of drug-likeness (QED) is 0.850. The van der Waals surface area contributed by atoms with Gasteiger partial charge in [0.1, 0.15) is 5.54 Å². The van der Waals surface area contributed by atoms with Crippen LogP contribution in [0.25, 0.3) is 0 Å². The van der Waals surface area contributed by atoms with E-state index in [0.29, 0.717) is 19.4 Å². The van der Waals surface area contributed by atoms with Gasteiger partial charge in [-0.1, -0.05) is 24.6 Å². The highest BCUT2D eigenvalue weighted by molar-refractivity contribution is 8.00.